The van der Waals surface area contributed by atoms with Crippen molar-refractivity contribution in [1.82, 2.24) is 10.6 Å². The predicted octanol–water partition coefficient (Wildman–Crippen LogP) is 0.878. The Balaban J connectivity index is 2.58. The lowest BCUT2D eigenvalue weighted by molar-refractivity contribution is -0.128. The van der Waals surface area contributed by atoms with E-state index in [0.29, 0.717) is 12.3 Å². The van der Waals surface area contributed by atoms with Crippen molar-refractivity contribution in [3.8, 4) is 5.75 Å². The van der Waals surface area contributed by atoms with Crippen molar-refractivity contribution in [2.24, 2.45) is 0 Å². The third kappa shape index (κ3) is 4.62. The minimum atomic E-state index is -0.540. The molecule has 1 aromatic rings. The number of rotatable bonds is 6. The van der Waals surface area contributed by atoms with Gasteiger partial charge in [-0.05, 0) is 19.9 Å². The van der Waals surface area contributed by atoms with E-state index in [0.717, 1.165) is 5.56 Å². The molecule has 5 heteroatoms. The molecule has 1 atom stereocenters. The van der Waals surface area contributed by atoms with Crippen LogP contribution in [0.5, 0.6) is 5.75 Å². The van der Waals surface area contributed by atoms with E-state index in [4.69, 9.17) is 4.74 Å². The first-order valence-electron chi connectivity index (χ1n) is 6.27. The zero-order chi connectivity index (χ0) is 14.3. The van der Waals surface area contributed by atoms with Crippen LogP contribution in [-0.2, 0) is 16.0 Å². The fraction of sp³-hybridized carbons (Fsp3) is 0.429. The summed E-state index contributed by atoms with van der Waals surface area (Å²) in [4.78, 5) is 23.4. The second-order valence-corrected chi connectivity index (χ2v) is 4.17. The summed E-state index contributed by atoms with van der Waals surface area (Å²) in [5.41, 5.74) is 0.797. The molecule has 1 rings (SSSR count). The third-order valence-electron chi connectivity index (χ3n) is 2.67. The van der Waals surface area contributed by atoms with E-state index in [2.05, 4.69) is 10.6 Å². The van der Waals surface area contributed by atoms with Crippen molar-refractivity contribution < 1.29 is 14.3 Å². The Hall–Kier alpha value is -2.04. The van der Waals surface area contributed by atoms with Crippen molar-refractivity contribution in [2.45, 2.75) is 26.3 Å². The maximum atomic E-state index is 11.9. The number of benzene rings is 1. The molecule has 5 nitrogen and oxygen atoms in total. The summed E-state index contributed by atoms with van der Waals surface area (Å²) < 4.78 is 5.18. The van der Waals surface area contributed by atoms with Crippen LogP contribution in [0.1, 0.15) is 19.4 Å². The zero-order valence-corrected chi connectivity index (χ0v) is 11.5. The minimum Gasteiger partial charge on any atom is -0.496 e. The lowest BCUT2D eigenvalue weighted by atomic mass is 10.1. The summed E-state index contributed by atoms with van der Waals surface area (Å²) >= 11 is 0. The molecule has 0 aliphatic carbocycles. The van der Waals surface area contributed by atoms with Gasteiger partial charge in [-0.1, -0.05) is 18.2 Å². The molecular weight excluding hydrogens is 244 g/mol. The molecule has 0 aliphatic rings. The van der Waals surface area contributed by atoms with Gasteiger partial charge in [0, 0.05) is 12.1 Å². The molecule has 0 aliphatic heterocycles. The molecule has 0 heterocycles. The number of methoxy groups -OCH3 is 1. The molecule has 19 heavy (non-hydrogen) atoms. The van der Waals surface area contributed by atoms with Gasteiger partial charge in [-0.3, -0.25) is 9.59 Å². The van der Waals surface area contributed by atoms with Crippen molar-refractivity contribution in [3.63, 3.8) is 0 Å². The highest BCUT2D eigenvalue weighted by Gasteiger charge is 2.15. The second kappa shape index (κ2) is 7.41. The van der Waals surface area contributed by atoms with Gasteiger partial charge in [0.1, 0.15) is 11.8 Å². The third-order valence-corrected chi connectivity index (χ3v) is 2.67. The Morgan fingerprint density at radius 1 is 1.32 bits per heavy atom. The van der Waals surface area contributed by atoms with Crippen LogP contribution in [0.15, 0.2) is 24.3 Å². The molecule has 0 spiro atoms. The predicted molar refractivity (Wildman–Crippen MR) is 73.0 cm³/mol. The average molecular weight is 264 g/mol. The topological polar surface area (TPSA) is 67.4 Å². The lowest BCUT2D eigenvalue weighted by Crippen LogP contribution is -2.45. The summed E-state index contributed by atoms with van der Waals surface area (Å²) in [6.07, 6.45) is 0.188. The van der Waals surface area contributed by atoms with E-state index >= 15 is 0 Å². The Morgan fingerprint density at radius 3 is 2.63 bits per heavy atom. The summed E-state index contributed by atoms with van der Waals surface area (Å²) in [6.45, 7) is 4.04. The van der Waals surface area contributed by atoms with Gasteiger partial charge in [0.05, 0.1) is 13.5 Å². The number of carbonyl (C=O) groups is 2. The number of hydrogen-bond acceptors (Lipinski definition) is 3. The number of hydrogen-bond donors (Lipinski definition) is 2. The van der Waals surface area contributed by atoms with Crippen LogP contribution < -0.4 is 15.4 Å². The first-order valence-corrected chi connectivity index (χ1v) is 6.27. The van der Waals surface area contributed by atoms with Gasteiger partial charge in [0.2, 0.25) is 11.8 Å². The summed E-state index contributed by atoms with van der Waals surface area (Å²) in [5.74, 6) is 0.280. The van der Waals surface area contributed by atoms with Gasteiger partial charge in [0.15, 0.2) is 0 Å². The summed E-state index contributed by atoms with van der Waals surface area (Å²) in [6, 6.07) is 6.78. The molecule has 2 amide bonds. The van der Waals surface area contributed by atoms with Crippen LogP contribution in [0.25, 0.3) is 0 Å². The molecular formula is C14H20N2O3. The minimum absolute atomic E-state index is 0.184. The Morgan fingerprint density at radius 2 is 2.00 bits per heavy atom. The lowest BCUT2D eigenvalue weighted by Gasteiger charge is -2.14. The van der Waals surface area contributed by atoms with E-state index in [1.807, 2.05) is 25.1 Å². The molecule has 0 fully saturated rings. The van der Waals surface area contributed by atoms with E-state index in [9.17, 15) is 9.59 Å². The highest BCUT2D eigenvalue weighted by atomic mass is 16.5. The number of nitrogens with one attached hydrogen (secondary N) is 2. The van der Waals surface area contributed by atoms with Crippen molar-refractivity contribution in [3.05, 3.63) is 29.8 Å². The fourth-order valence-electron chi connectivity index (χ4n) is 1.71. The van der Waals surface area contributed by atoms with Gasteiger partial charge in [-0.25, -0.2) is 0 Å². The molecule has 1 aromatic carbocycles. The summed E-state index contributed by atoms with van der Waals surface area (Å²) in [5, 5.41) is 5.32. The van der Waals surface area contributed by atoms with E-state index in [1.54, 1.807) is 20.1 Å². The van der Waals surface area contributed by atoms with E-state index < -0.39 is 6.04 Å². The van der Waals surface area contributed by atoms with Crippen molar-refractivity contribution in [1.29, 1.82) is 0 Å². The van der Waals surface area contributed by atoms with Crippen molar-refractivity contribution in [2.75, 3.05) is 13.7 Å². The molecule has 2 N–H and O–H groups in total. The first kappa shape index (κ1) is 15.0. The highest BCUT2D eigenvalue weighted by Crippen LogP contribution is 2.17. The van der Waals surface area contributed by atoms with Gasteiger partial charge in [0.25, 0.3) is 0 Å². The maximum absolute atomic E-state index is 11.9. The van der Waals surface area contributed by atoms with Gasteiger partial charge in [-0.15, -0.1) is 0 Å². The number of para-hydroxylation sites is 1. The standard InChI is InChI=1S/C14H20N2O3/c1-4-15-14(18)10(2)16-13(17)9-11-7-5-6-8-12(11)19-3/h5-8,10H,4,9H2,1-3H3,(H,15,18)(H,16,17). The Kier molecular flexibility index (Phi) is 5.85. The Labute approximate surface area is 113 Å². The van der Waals surface area contributed by atoms with Crippen LogP contribution in [-0.4, -0.2) is 31.5 Å². The molecule has 0 saturated carbocycles. The van der Waals surface area contributed by atoms with Gasteiger partial charge >= 0.3 is 0 Å². The average Bonchev–Trinajstić information content (AvgIpc) is 2.39. The number of ether oxygens (including phenoxy) is 1. The SMILES string of the molecule is CCNC(=O)C(C)NC(=O)Cc1ccccc1OC. The van der Waals surface area contributed by atoms with Crippen LogP contribution in [0.4, 0.5) is 0 Å². The fourth-order valence-corrected chi connectivity index (χ4v) is 1.71. The molecule has 1 unspecified atom stereocenters. The smallest absolute Gasteiger partial charge is 0.242 e. The van der Waals surface area contributed by atoms with Crippen molar-refractivity contribution >= 4 is 11.8 Å². The first-order chi connectivity index (χ1) is 9.08. The number of amides is 2. The Bertz CT molecular complexity index is 446. The van der Waals surface area contributed by atoms with E-state index in [1.165, 1.54) is 0 Å². The molecule has 0 aromatic heterocycles. The van der Waals surface area contributed by atoms with Crippen LogP contribution in [0.3, 0.4) is 0 Å². The quantitative estimate of drug-likeness (QED) is 0.801. The summed E-state index contributed by atoms with van der Waals surface area (Å²) in [7, 11) is 1.56. The number of carbonyl (C=O) groups excluding carboxylic acids is 2. The molecule has 104 valence electrons. The highest BCUT2D eigenvalue weighted by molar-refractivity contribution is 5.88. The van der Waals surface area contributed by atoms with Gasteiger partial charge < -0.3 is 15.4 Å². The normalized spacial score (nSPS) is 11.5. The van der Waals surface area contributed by atoms with Crippen LogP contribution in [0, 0.1) is 0 Å². The van der Waals surface area contributed by atoms with E-state index in [-0.39, 0.29) is 18.2 Å². The van der Waals surface area contributed by atoms with Crippen LogP contribution >= 0.6 is 0 Å². The van der Waals surface area contributed by atoms with Gasteiger partial charge in [-0.2, -0.15) is 0 Å². The molecule has 0 bridgehead atoms. The number of likely N-dealkylation sites (N-methyl/N-ethyl adjacent to an activating group) is 1. The molecule has 0 saturated heterocycles. The maximum Gasteiger partial charge on any atom is 0.242 e. The second-order valence-electron chi connectivity index (χ2n) is 4.17. The van der Waals surface area contributed by atoms with Crippen LogP contribution in [0.2, 0.25) is 0 Å². The molecule has 0 radical (unpaired) electrons. The largest absolute Gasteiger partial charge is 0.496 e. The monoisotopic (exact) mass is 264 g/mol. The zero-order valence-electron chi connectivity index (χ0n) is 11.5.